The van der Waals surface area contributed by atoms with Crippen molar-refractivity contribution in [2.45, 2.75) is 26.7 Å². The fourth-order valence-corrected chi connectivity index (χ4v) is 2.77. The molecule has 22 heavy (non-hydrogen) atoms. The molecule has 2 rings (SSSR count). The third-order valence-electron chi connectivity index (χ3n) is 3.42. The lowest BCUT2D eigenvalue weighted by molar-refractivity contribution is -0.383. The van der Waals surface area contributed by atoms with Crippen molar-refractivity contribution in [1.29, 1.82) is 0 Å². The van der Waals surface area contributed by atoms with E-state index in [0.717, 1.165) is 16.8 Å². The van der Waals surface area contributed by atoms with Gasteiger partial charge in [-0.05, 0) is 46.0 Å². The van der Waals surface area contributed by atoms with E-state index in [1.807, 2.05) is 25.1 Å². The van der Waals surface area contributed by atoms with E-state index in [0.29, 0.717) is 21.1 Å². The zero-order chi connectivity index (χ0) is 16.4. The van der Waals surface area contributed by atoms with Crippen LogP contribution < -0.4 is 5.32 Å². The summed E-state index contributed by atoms with van der Waals surface area (Å²) in [6.07, 6.45) is 0. The van der Waals surface area contributed by atoms with E-state index in [2.05, 4.69) is 35.1 Å². The lowest BCUT2D eigenvalue weighted by atomic mass is 9.98. The topological polar surface area (TPSA) is 55.2 Å². The first kappa shape index (κ1) is 16.8. The van der Waals surface area contributed by atoms with Crippen molar-refractivity contribution in [3.63, 3.8) is 0 Å². The predicted molar refractivity (Wildman–Crippen MR) is 94.4 cm³/mol. The molecule has 0 amide bonds. The lowest BCUT2D eigenvalue weighted by Crippen LogP contribution is -2.03. The Morgan fingerprint density at radius 1 is 1.32 bits per heavy atom. The molecule has 0 bridgehead atoms. The Bertz CT molecular complexity index is 732. The van der Waals surface area contributed by atoms with E-state index in [1.165, 1.54) is 6.07 Å². The van der Waals surface area contributed by atoms with Crippen LogP contribution in [0.3, 0.4) is 0 Å². The molecule has 0 spiro atoms. The van der Waals surface area contributed by atoms with Gasteiger partial charge in [0.25, 0.3) is 5.69 Å². The minimum absolute atomic E-state index is 0.0499. The van der Waals surface area contributed by atoms with E-state index in [1.54, 1.807) is 6.07 Å². The van der Waals surface area contributed by atoms with Crippen LogP contribution in [-0.4, -0.2) is 4.92 Å². The molecule has 2 aromatic carbocycles. The molecule has 0 heterocycles. The third kappa shape index (κ3) is 3.42. The van der Waals surface area contributed by atoms with Gasteiger partial charge in [0.2, 0.25) is 0 Å². The number of nitrogens with zero attached hydrogens (tertiary/aromatic N) is 1. The molecule has 0 aromatic heterocycles. The van der Waals surface area contributed by atoms with Gasteiger partial charge in [0.1, 0.15) is 5.69 Å². The van der Waals surface area contributed by atoms with Gasteiger partial charge in [-0.2, -0.15) is 0 Å². The molecule has 6 heteroatoms. The van der Waals surface area contributed by atoms with Crippen LogP contribution in [0.4, 0.5) is 17.1 Å². The largest absolute Gasteiger partial charge is 0.349 e. The van der Waals surface area contributed by atoms with Crippen LogP contribution in [0.25, 0.3) is 0 Å². The molecule has 0 unspecified atom stereocenters. The summed E-state index contributed by atoms with van der Waals surface area (Å²) in [4.78, 5) is 10.8. The molecule has 116 valence electrons. The van der Waals surface area contributed by atoms with Crippen molar-refractivity contribution >= 4 is 44.6 Å². The predicted octanol–water partition coefficient (Wildman–Crippen LogP) is 6.19. The van der Waals surface area contributed by atoms with Gasteiger partial charge in [-0.25, -0.2) is 0 Å². The second-order valence-corrected chi connectivity index (χ2v) is 6.62. The molecular formula is C16H16BrClN2O2. The molecule has 2 aromatic rings. The summed E-state index contributed by atoms with van der Waals surface area (Å²) in [7, 11) is 0. The summed E-state index contributed by atoms with van der Waals surface area (Å²) in [6.45, 7) is 6.16. The van der Waals surface area contributed by atoms with Crippen LogP contribution in [0, 0.1) is 17.0 Å². The Morgan fingerprint density at radius 2 is 2.00 bits per heavy atom. The molecule has 0 fully saturated rings. The van der Waals surface area contributed by atoms with Gasteiger partial charge >= 0.3 is 0 Å². The average Bonchev–Trinajstić information content (AvgIpc) is 2.44. The second-order valence-electron chi connectivity index (χ2n) is 5.36. The van der Waals surface area contributed by atoms with Crippen LogP contribution in [0.1, 0.15) is 30.9 Å². The highest BCUT2D eigenvalue weighted by atomic mass is 79.9. The van der Waals surface area contributed by atoms with Gasteiger partial charge in [-0.1, -0.05) is 43.6 Å². The number of halogens is 2. The van der Waals surface area contributed by atoms with Gasteiger partial charge in [-0.3, -0.25) is 10.1 Å². The smallest absolute Gasteiger partial charge is 0.294 e. The van der Waals surface area contributed by atoms with Crippen LogP contribution in [0.15, 0.2) is 34.8 Å². The van der Waals surface area contributed by atoms with Crippen LogP contribution in [-0.2, 0) is 0 Å². The number of aryl methyl sites for hydroxylation is 1. The summed E-state index contributed by atoms with van der Waals surface area (Å²) >= 11 is 9.28. The van der Waals surface area contributed by atoms with Crippen molar-refractivity contribution in [2.24, 2.45) is 0 Å². The van der Waals surface area contributed by atoms with Crippen molar-refractivity contribution in [1.82, 2.24) is 0 Å². The van der Waals surface area contributed by atoms with E-state index >= 15 is 0 Å². The maximum Gasteiger partial charge on any atom is 0.294 e. The van der Waals surface area contributed by atoms with Crippen molar-refractivity contribution < 1.29 is 4.92 Å². The van der Waals surface area contributed by atoms with Crippen molar-refractivity contribution in [2.75, 3.05) is 5.32 Å². The normalized spacial score (nSPS) is 10.8. The quantitative estimate of drug-likeness (QED) is 0.506. The number of nitro groups is 1. The fourth-order valence-electron chi connectivity index (χ4n) is 2.26. The van der Waals surface area contributed by atoms with Gasteiger partial charge in [-0.15, -0.1) is 0 Å². The number of hydrogen-bond donors (Lipinski definition) is 1. The number of nitrogens with one attached hydrogen (secondary N) is 1. The lowest BCUT2D eigenvalue weighted by Gasteiger charge is -2.17. The van der Waals surface area contributed by atoms with E-state index in [4.69, 9.17) is 11.6 Å². The molecular weight excluding hydrogens is 368 g/mol. The first-order chi connectivity index (χ1) is 10.3. The standard InChI is InChI=1S/C16H16BrClN2O2/c1-9(2)11-6-4-5-10(3)16(11)19-14-7-12(17)13(18)8-15(14)20(21)22/h4-9,19H,1-3H3. The summed E-state index contributed by atoms with van der Waals surface area (Å²) in [5, 5.41) is 14.8. The van der Waals surface area contributed by atoms with Crippen LogP contribution in [0.5, 0.6) is 0 Å². The average molecular weight is 384 g/mol. The monoisotopic (exact) mass is 382 g/mol. The number of para-hydroxylation sites is 1. The van der Waals surface area contributed by atoms with Crippen LogP contribution >= 0.6 is 27.5 Å². The Morgan fingerprint density at radius 3 is 2.59 bits per heavy atom. The Kier molecular flexibility index (Phi) is 5.08. The zero-order valence-corrected chi connectivity index (χ0v) is 14.8. The van der Waals surface area contributed by atoms with E-state index in [9.17, 15) is 10.1 Å². The Labute approximate surface area is 142 Å². The first-order valence-corrected chi connectivity index (χ1v) is 7.98. The number of nitro benzene ring substituents is 1. The highest BCUT2D eigenvalue weighted by molar-refractivity contribution is 9.10. The van der Waals surface area contributed by atoms with Gasteiger partial charge in [0.15, 0.2) is 0 Å². The summed E-state index contributed by atoms with van der Waals surface area (Å²) in [5.41, 5.74) is 3.41. The molecule has 0 aliphatic carbocycles. The first-order valence-electron chi connectivity index (χ1n) is 6.81. The molecule has 0 saturated heterocycles. The fraction of sp³-hybridized carbons (Fsp3) is 0.250. The number of benzene rings is 2. The highest BCUT2D eigenvalue weighted by Crippen LogP contribution is 2.38. The molecule has 1 N–H and O–H groups in total. The third-order valence-corrected chi connectivity index (χ3v) is 4.62. The molecule has 0 aliphatic heterocycles. The zero-order valence-electron chi connectivity index (χ0n) is 12.5. The molecule has 0 saturated carbocycles. The summed E-state index contributed by atoms with van der Waals surface area (Å²) in [6, 6.07) is 8.97. The minimum Gasteiger partial charge on any atom is -0.349 e. The van der Waals surface area contributed by atoms with Gasteiger partial charge in [0.05, 0.1) is 9.95 Å². The van der Waals surface area contributed by atoms with E-state index < -0.39 is 4.92 Å². The van der Waals surface area contributed by atoms with Gasteiger partial charge < -0.3 is 5.32 Å². The van der Waals surface area contributed by atoms with Gasteiger partial charge in [0, 0.05) is 16.2 Å². The SMILES string of the molecule is Cc1cccc(C(C)C)c1Nc1cc(Br)c(Cl)cc1[N+](=O)[O-]. The molecule has 0 radical (unpaired) electrons. The van der Waals surface area contributed by atoms with Crippen LogP contribution in [0.2, 0.25) is 5.02 Å². The van der Waals surface area contributed by atoms with Crippen molar-refractivity contribution in [3.8, 4) is 0 Å². The number of anilines is 2. The summed E-state index contributed by atoms with van der Waals surface area (Å²) < 4.78 is 0.613. The Hall–Kier alpha value is -1.59. The highest BCUT2D eigenvalue weighted by Gasteiger charge is 2.19. The maximum atomic E-state index is 11.3. The summed E-state index contributed by atoms with van der Waals surface area (Å²) in [5.74, 6) is 0.303. The number of rotatable bonds is 4. The second kappa shape index (κ2) is 6.67. The molecule has 4 nitrogen and oxygen atoms in total. The maximum absolute atomic E-state index is 11.3. The van der Waals surface area contributed by atoms with E-state index in [-0.39, 0.29) is 5.69 Å². The molecule has 0 aliphatic rings. The van der Waals surface area contributed by atoms with Crippen molar-refractivity contribution in [3.05, 3.63) is 61.1 Å². The molecule has 0 atom stereocenters. The Balaban J connectivity index is 2.57. The minimum atomic E-state index is -0.437. The number of hydrogen-bond acceptors (Lipinski definition) is 3.